The van der Waals surface area contributed by atoms with E-state index in [1.165, 1.54) is 6.07 Å². The number of esters is 1. The van der Waals surface area contributed by atoms with Crippen LogP contribution >= 0.6 is 0 Å². The molecule has 2 N–H and O–H groups in total. The van der Waals surface area contributed by atoms with Gasteiger partial charge < -0.3 is 24.3 Å². The topological polar surface area (TPSA) is 111 Å². The molecule has 3 aromatic rings. The predicted octanol–water partition coefficient (Wildman–Crippen LogP) is 2.91. The summed E-state index contributed by atoms with van der Waals surface area (Å²) in [6.45, 7) is 7.87. The van der Waals surface area contributed by atoms with E-state index in [1.54, 1.807) is 24.5 Å². The van der Waals surface area contributed by atoms with Crippen LogP contribution in [0.1, 0.15) is 53.1 Å². The van der Waals surface area contributed by atoms with Crippen LogP contribution in [0.2, 0.25) is 0 Å². The molecule has 1 aliphatic carbocycles. The Labute approximate surface area is 218 Å². The number of aryl methyl sites for hydroxylation is 1. The molecule has 0 amide bonds. The second kappa shape index (κ2) is 8.56. The summed E-state index contributed by atoms with van der Waals surface area (Å²) >= 11 is 0. The van der Waals surface area contributed by atoms with E-state index in [2.05, 4.69) is 6.58 Å². The zero-order chi connectivity index (χ0) is 27.0. The maximum atomic E-state index is 15.1. The molecular weight excluding hydrogens is 491 g/mol. The lowest BCUT2D eigenvalue weighted by atomic mass is 9.68. The van der Waals surface area contributed by atoms with Gasteiger partial charge in [-0.3, -0.25) is 4.79 Å². The third-order valence-corrected chi connectivity index (χ3v) is 8.61. The third-order valence-electron chi connectivity index (χ3n) is 8.61. The van der Waals surface area contributed by atoms with E-state index in [1.807, 2.05) is 6.08 Å². The Morgan fingerprint density at radius 2 is 2.08 bits per heavy atom. The summed E-state index contributed by atoms with van der Waals surface area (Å²) in [7, 11) is 0. The first-order valence-electron chi connectivity index (χ1n) is 12.8. The number of carbonyl (C=O) groups excluding carboxylic acids is 1. The minimum absolute atomic E-state index is 0.0423. The SMILES string of the molecule is C=C[C@@]1(COCCO)CCc2c(C)c(F)cc3nc4c(c1c23)Cn1c-4cc2c(c1=O)COC(=O)C2(O)CC. The van der Waals surface area contributed by atoms with Crippen molar-refractivity contribution in [1.29, 1.82) is 0 Å². The summed E-state index contributed by atoms with van der Waals surface area (Å²) in [6.07, 6.45) is 3.11. The Hall–Kier alpha value is -3.40. The number of nitrogens with zero attached hydrogens (tertiary/aromatic N) is 2. The van der Waals surface area contributed by atoms with Gasteiger partial charge in [0, 0.05) is 28.0 Å². The largest absolute Gasteiger partial charge is 0.458 e. The van der Waals surface area contributed by atoms with Gasteiger partial charge in [-0.25, -0.2) is 14.2 Å². The number of hydrogen-bond acceptors (Lipinski definition) is 7. The number of cyclic esters (lactones) is 1. The number of ether oxygens (including phenoxy) is 2. The van der Waals surface area contributed by atoms with E-state index in [0.29, 0.717) is 35.3 Å². The van der Waals surface area contributed by atoms with E-state index in [4.69, 9.17) is 14.5 Å². The maximum absolute atomic E-state index is 15.1. The Bertz CT molecular complexity index is 1610. The lowest BCUT2D eigenvalue weighted by molar-refractivity contribution is -0.172. The average molecular weight is 521 g/mol. The van der Waals surface area contributed by atoms with Crippen molar-refractivity contribution in [3.05, 3.63) is 74.3 Å². The fraction of sp³-hybridized carbons (Fsp3) is 0.414. The number of aliphatic hydroxyl groups excluding tert-OH is 1. The van der Waals surface area contributed by atoms with Crippen molar-refractivity contribution in [3.8, 4) is 11.4 Å². The molecular formula is C29H29FN2O6. The van der Waals surface area contributed by atoms with E-state index >= 15 is 4.39 Å². The third kappa shape index (κ3) is 3.15. The maximum Gasteiger partial charge on any atom is 0.343 e. The molecule has 3 aliphatic rings. The molecule has 2 aromatic heterocycles. The van der Waals surface area contributed by atoms with E-state index in [-0.39, 0.29) is 61.9 Å². The number of pyridine rings is 2. The van der Waals surface area contributed by atoms with Gasteiger partial charge in [-0.15, -0.1) is 6.58 Å². The van der Waals surface area contributed by atoms with Crippen LogP contribution in [0.25, 0.3) is 22.3 Å². The summed E-state index contributed by atoms with van der Waals surface area (Å²) in [6, 6.07) is 3.08. The molecule has 2 atom stereocenters. The summed E-state index contributed by atoms with van der Waals surface area (Å²) in [5.41, 5.74) is 2.13. The highest BCUT2D eigenvalue weighted by atomic mass is 19.1. The van der Waals surface area contributed by atoms with Gasteiger partial charge in [-0.2, -0.15) is 0 Å². The molecule has 8 nitrogen and oxygen atoms in total. The van der Waals surface area contributed by atoms with Gasteiger partial charge in [0.2, 0.25) is 0 Å². The normalized spacial score (nSPS) is 23.1. The molecule has 0 saturated carbocycles. The predicted molar refractivity (Wildman–Crippen MR) is 137 cm³/mol. The Kier molecular flexibility index (Phi) is 5.61. The highest BCUT2D eigenvalue weighted by Crippen LogP contribution is 2.49. The Morgan fingerprint density at radius 1 is 1.29 bits per heavy atom. The Balaban J connectivity index is 1.68. The highest BCUT2D eigenvalue weighted by Gasteiger charge is 2.46. The first kappa shape index (κ1) is 24.9. The monoisotopic (exact) mass is 520 g/mol. The van der Waals surface area contributed by atoms with Crippen LogP contribution in [0, 0.1) is 12.7 Å². The molecule has 2 aliphatic heterocycles. The van der Waals surface area contributed by atoms with Crippen LogP contribution in [0.15, 0.2) is 29.6 Å². The number of fused-ring (bicyclic) bond motifs is 5. The molecule has 1 unspecified atom stereocenters. The van der Waals surface area contributed by atoms with Gasteiger partial charge in [0.1, 0.15) is 12.4 Å². The molecule has 6 rings (SSSR count). The summed E-state index contributed by atoms with van der Waals surface area (Å²) in [4.78, 5) is 31.1. The van der Waals surface area contributed by atoms with Gasteiger partial charge in [-0.05, 0) is 48.9 Å². The first-order chi connectivity index (χ1) is 18.2. The molecule has 4 heterocycles. The number of hydrogen-bond donors (Lipinski definition) is 2. The van der Waals surface area contributed by atoms with Crippen molar-refractivity contribution in [2.75, 3.05) is 19.8 Å². The molecule has 0 bridgehead atoms. The van der Waals surface area contributed by atoms with Gasteiger partial charge in [-0.1, -0.05) is 13.0 Å². The van der Waals surface area contributed by atoms with Crippen LogP contribution in [-0.4, -0.2) is 45.6 Å². The lowest BCUT2D eigenvalue weighted by Gasteiger charge is -2.38. The van der Waals surface area contributed by atoms with E-state index in [9.17, 15) is 19.8 Å². The van der Waals surface area contributed by atoms with Gasteiger partial charge in [0.25, 0.3) is 5.56 Å². The van der Waals surface area contributed by atoms with Crippen LogP contribution in [0.4, 0.5) is 4.39 Å². The van der Waals surface area contributed by atoms with Gasteiger partial charge in [0.15, 0.2) is 5.60 Å². The molecule has 0 spiro atoms. The Morgan fingerprint density at radius 3 is 2.79 bits per heavy atom. The van der Waals surface area contributed by atoms with Crippen molar-refractivity contribution in [2.45, 2.75) is 57.3 Å². The van der Waals surface area contributed by atoms with Crippen LogP contribution in [0.5, 0.6) is 0 Å². The summed E-state index contributed by atoms with van der Waals surface area (Å²) in [5.74, 6) is -1.14. The lowest BCUT2D eigenvalue weighted by Crippen LogP contribution is -2.44. The fourth-order valence-electron chi connectivity index (χ4n) is 6.45. The second-order valence-electron chi connectivity index (χ2n) is 10.4. The number of aromatic nitrogens is 2. The van der Waals surface area contributed by atoms with Gasteiger partial charge in [0.05, 0.1) is 48.8 Å². The quantitative estimate of drug-likeness (QED) is 0.229. The smallest absolute Gasteiger partial charge is 0.343 e. The molecule has 0 saturated heterocycles. The zero-order valence-corrected chi connectivity index (χ0v) is 21.4. The van der Waals surface area contributed by atoms with Gasteiger partial charge >= 0.3 is 5.97 Å². The average Bonchev–Trinajstić information content (AvgIpc) is 3.28. The number of carbonyl (C=O) groups is 1. The van der Waals surface area contributed by atoms with Crippen molar-refractivity contribution in [3.63, 3.8) is 0 Å². The van der Waals surface area contributed by atoms with Crippen LogP contribution in [-0.2, 0) is 44.9 Å². The summed E-state index contributed by atoms with van der Waals surface area (Å²) in [5, 5.41) is 21.4. The fourth-order valence-corrected chi connectivity index (χ4v) is 6.45. The van der Waals surface area contributed by atoms with E-state index < -0.39 is 17.0 Å². The number of halogens is 1. The number of rotatable bonds is 6. The van der Waals surface area contributed by atoms with E-state index in [0.717, 1.165) is 22.1 Å². The molecule has 0 fully saturated rings. The molecule has 198 valence electrons. The standard InChI is InChI=1S/C29H29FN2O6/c1-4-28(14-37-9-8-33)7-6-16-15(3)20(30)11-21-23(16)24(28)17-12-32-22(25(17)31-21)10-19-18(26(32)34)13-38-27(35)29(19,36)5-2/h4,10-11,33,36H,1,5-9,12-14H2,2-3H3/t28-,29?/m0/s1. The molecule has 0 radical (unpaired) electrons. The van der Waals surface area contributed by atoms with Crippen molar-refractivity contribution in [2.24, 2.45) is 0 Å². The minimum Gasteiger partial charge on any atom is -0.458 e. The number of aliphatic hydroxyl groups is 2. The highest BCUT2D eigenvalue weighted by molar-refractivity contribution is 5.94. The van der Waals surface area contributed by atoms with Crippen LogP contribution in [0.3, 0.4) is 0 Å². The van der Waals surface area contributed by atoms with Crippen molar-refractivity contribution < 1.29 is 28.9 Å². The first-order valence-corrected chi connectivity index (χ1v) is 12.8. The minimum atomic E-state index is -1.93. The molecule has 38 heavy (non-hydrogen) atoms. The summed E-state index contributed by atoms with van der Waals surface area (Å²) < 4.78 is 27.7. The molecule has 9 heteroatoms. The van der Waals surface area contributed by atoms with Crippen LogP contribution < -0.4 is 5.56 Å². The van der Waals surface area contributed by atoms with Crippen molar-refractivity contribution in [1.82, 2.24) is 9.55 Å². The number of benzene rings is 1. The van der Waals surface area contributed by atoms with Crippen molar-refractivity contribution >= 4 is 16.9 Å². The second-order valence-corrected chi connectivity index (χ2v) is 10.4. The zero-order valence-electron chi connectivity index (χ0n) is 21.4. The molecule has 1 aromatic carbocycles.